The molecular formula is C39H52FN7O6S. The van der Waals surface area contributed by atoms with E-state index in [1.54, 1.807) is 28.1 Å². The van der Waals surface area contributed by atoms with Crippen molar-refractivity contribution in [1.29, 1.82) is 0 Å². The molecule has 3 aromatic heterocycles. The third kappa shape index (κ3) is 9.29. The zero-order valence-electron chi connectivity index (χ0n) is 32.4. The Morgan fingerprint density at radius 1 is 0.963 bits per heavy atom. The molecule has 1 saturated heterocycles. The van der Waals surface area contributed by atoms with Crippen molar-refractivity contribution in [3.8, 4) is 10.6 Å². The molecule has 4 atom stereocenters. The van der Waals surface area contributed by atoms with Crippen LogP contribution in [0.3, 0.4) is 0 Å². The van der Waals surface area contributed by atoms with E-state index in [0.29, 0.717) is 56.9 Å². The first kappa shape index (κ1) is 39.4. The van der Waals surface area contributed by atoms with Gasteiger partial charge in [-0.15, -0.1) is 11.3 Å². The van der Waals surface area contributed by atoms with Crippen molar-refractivity contribution < 1.29 is 32.9 Å². The third-order valence-electron chi connectivity index (χ3n) is 9.41. The van der Waals surface area contributed by atoms with Crippen LogP contribution in [-0.4, -0.2) is 96.9 Å². The van der Waals surface area contributed by atoms with Gasteiger partial charge >= 0.3 is 12.2 Å². The highest BCUT2D eigenvalue weighted by atomic mass is 32.1. The van der Waals surface area contributed by atoms with Crippen LogP contribution in [0.4, 0.5) is 19.8 Å². The molecule has 4 heterocycles. The molecule has 2 aliphatic rings. The second-order valence-electron chi connectivity index (χ2n) is 16.5. The molecule has 1 aliphatic heterocycles. The van der Waals surface area contributed by atoms with Crippen LogP contribution in [0.5, 0.6) is 0 Å². The molecule has 0 bridgehead atoms. The molecule has 2 N–H and O–H groups in total. The molecule has 2 fully saturated rings. The number of halogens is 1. The molecular weight excluding hydrogens is 714 g/mol. The van der Waals surface area contributed by atoms with Gasteiger partial charge in [0, 0.05) is 55.4 Å². The van der Waals surface area contributed by atoms with Gasteiger partial charge in [-0.1, -0.05) is 12.1 Å². The first-order chi connectivity index (χ1) is 25.4. The Labute approximate surface area is 319 Å². The molecule has 0 unspecified atom stereocenters. The van der Waals surface area contributed by atoms with Gasteiger partial charge < -0.3 is 39.0 Å². The number of carbonyl (C=O) groups excluding carboxylic acids is 2. The number of anilines is 1. The number of nitrogens with zero attached hydrogens (tertiary/aromatic N) is 6. The lowest BCUT2D eigenvalue weighted by atomic mass is 10.0. The first-order valence-corrected chi connectivity index (χ1v) is 19.3. The maximum absolute atomic E-state index is 13.9. The van der Waals surface area contributed by atoms with Crippen LogP contribution in [0.25, 0.3) is 21.6 Å². The van der Waals surface area contributed by atoms with Gasteiger partial charge in [-0.05, 0) is 92.3 Å². The van der Waals surface area contributed by atoms with Crippen LogP contribution in [0.1, 0.15) is 79.8 Å². The molecule has 1 saturated carbocycles. The number of amides is 2. The molecule has 15 heteroatoms. The van der Waals surface area contributed by atoms with Crippen LogP contribution in [0, 0.1) is 11.7 Å². The van der Waals surface area contributed by atoms with E-state index in [9.17, 15) is 14.0 Å². The zero-order chi connectivity index (χ0) is 39.0. The van der Waals surface area contributed by atoms with E-state index in [1.165, 1.54) is 29.8 Å². The highest BCUT2D eigenvalue weighted by Gasteiger charge is 2.55. The third-order valence-corrected chi connectivity index (χ3v) is 10.2. The standard InChI is InChI=1S/C39H52FN7O6S/c1-37(2,3)52-35(48)45(18-14-24-10-12-26(40)13-11-24)16-9-17-46(36(49)53-38(4,5)6)21-25-20-28(31-30(25)50-39(7,8)51-31)47-22-27(34-42-15-19-54-34)29-32(41)43-23-44-33(29)47/h10-13,15,19,22-23,25,28,30-31H,9,14,16-18,20-21H2,1-8H3,(H2,41,43,44)/t25-,28-,30-,31+/m1/s1. The Balaban J connectivity index is 1.24. The number of hydrogen-bond acceptors (Lipinski definition) is 11. The minimum Gasteiger partial charge on any atom is -0.444 e. The highest BCUT2D eigenvalue weighted by molar-refractivity contribution is 7.13. The van der Waals surface area contributed by atoms with Crippen LogP contribution in [0.2, 0.25) is 0 Å². The van der Waals surface area contributed by atoms with Gasteiger partial charge in [0.05, 0.1) is 17.5 Å². The van der Waals surface area contributed by atoms with E-state index in [1.807, 2.05) is 67.0 Å². The predicted molar refractivity (Wildman–Crippen MR) is 204 cm³/mol. The van der Waals surface area contributed by atoms with E-state index in [0.717, 1.165) is 21.5 Å². The van der Waals surface area contributed by atoms with E-state index >= 15 is 0 Å². The van der Waals surface area contributed by atoms with Gasteiger partial charge in [0.2, 0.25) is 0 Å². The summed E-state index contributed by atoms with van der Waals surface area (Å²) >= 11 is 1.51. The summed E-state index contributed by atoms with van der Waals surface area (Å²) in [6.07, 6.45) is 5.28. The number of aromatic nitrogens is 4. The fourth-order valence-corrected chi connectivity index (χ4v) is 7.90. The molecule has 292 valence electrons. The lowest BCUT2D eigenvalue weighted by molar-refractivity contribution is -0.160. The van der Waals surface area contributed by atoms with Crippen molar-refractivity contribution in [1.82, 2.24) is 29.3 Å². The Morgan fingerprint density at radius 3 is 2.26 bits per heavy atom. The molecule has 0 radical (unpaired) electrons. The van der Waals surface area contributed by atoms with E-state index < -0.39 is 29.2 Å². The average Bonchev–Trinajstić information content (AvgIpc) is 3.85. The number of hydrogen-bond donors (Lipinski definition) is 1. The summed E-state index contributed by atoms with van der Waals surface area (Å²) in [6.45, 7) is 16.1. The van der Waals surface area contributed by atoms with E-state index in [4.69, 9.17) is 24.7 Å². The topological polar surface area (TPSA) is 147 Å². The van der Waals surface area contributed by atoms with Crippen molar-refractivity contribution in [2.24, 2.45) is 5.92 Å². The predicted octanol–water partition coefficient (Wildman–Crippen LogP) is 7.46. The molecule has 54 heavy (non-hydrogen) atoms. The second kappa shape index (κ2) is 15.4. The summed E-state index contributed by atoms with van der Waals surface area (Å²) in [4.78, 5) is 44.0. The van der Waals surface area contributed by atoms with Gasteiger partial charge in [0.1, 0.15) is 45.9 Å². The molecule has 1 aliphatic carbocycles. The van der Waals surface area contributed by atoms with Gasteiger partial charge in [0.25, 0.3) is 0 Å². The fourth-order valence-electron chi connectivity index (χ4n) is 7.24. The number of rotatable bonds is 11. The average molecular weight is 766 g/mol. The van der Waals surface area contributed by atoms with Gasteiger partial charge in [-0.2, -0.15) is 0 Å². The van der Waals surface area contributed by atoms with Crippen molar-refractivity contribution in [3.63, 3.8) is 0 Å². The largest absolute Gasteiger partial charge is 0.444 e. The zero-order valence-corrected chi connectivity index (χ0v) is 33.2. The van der Waals surface area contributed by atoms with Gasteiger partial charge in [-0.25, -0.2) is 28.9 Å². The molecule has 2 amide bonds. The minimum absolute atomic E-state index is 0.130. The summed E-state index contributed by atoms with van der Waals surface area (Å²) in [5.41, 5.74) is 7.44. The van der Waals surface area contributed by atoms with Gasteiger partial charge in [-0.3, -0.25) is 0 Å². The second-order valence-corrected chi connectivity index (χ2v) is 17.4. The summed E-state index contributed by atoms with van der Waals surface area (Å²) in [7, 11) is 0. The summed E-state index contributed by atoms with van der Waals surface area (Å²) in [5, 5.41) is 3.46. The molecule has 13 nitrogen and oxygen atoms in total. The number of nitrogens with two attached hydrogens (primary N) is 1. The maximum Gasteiger partial charge on any atom is 0.410 e. The van der Waals surface area contributed by atoms with Crippen LogP contribution >= 0.6 is 11.3 Å². The van der Waals surface area contributed by atoms with Crippen molar-refractivity contribution in [2.45, 2.75) is 110 Å². The van der Waals surface area contributed by atoms with Gasteiger partial charge in [0.15, 0.2) is 5.79 Å². The monoisotopic (exact) mass is 765 g/mol. The number of thiazole rings is 1. The molecule has 0 spiro atoms. The number of nitrogen functional groups attached to an aromatic ring is 1. The Hall–Kier alpha value is -4.34. The fraction of sp³-hybridized carbons (Fsp3) is 0.564. The van der Waals surface area contributed by atoms with E-state index in [-0.39, 0.29) is 30.0 Å². The summed E-state index contributed by atoms with van der Waals surface area (Å²) < 4.78 is 40.4. The number of ether oxygens (including phenoxy) is 4. The Bertz CT molecular complexity index is 1920. The van der Waals surface area contributed by atoms with Crippen molar-refractivity contribution >= 4 is 40.4 Å². The van der Waals surface area contributed by atoms with Crippen molar-refractivity contribution in [3.05, 3.63) is 59.7 Å². The number of benzene rings is 1. The normalized spacial score (nSPS) is 20.9. The lowest BCUT2D eigenvalue weighted by Crippen LogP contribution is -2.44. The minimum atomic E-state index is -0.851. The highest BCUT2D eigenvalue weighted by Crippen LogP contribution is 2.49. The number of carbonyl (C=O) groups is 2. The van der Waals surface area contributed by atoms with Crippen LogP contribution in [0.15, 0.2) is 48.4 Å². The summed E-state index contributed by atoms with van der Waals surface area (Å²) in [6, 6.07) is 6.05. The molecule has 4 aromatic rings. The lowest BCUT2D eigenvalue weighted by Gasteiger charge is -2.32. The SMILES string of the molecule is CC(C)(C)OC(=O)N(CCCN(C[C@H]1C[C@@H](n2cc(-c3nccs3)c3c(N)ncnc32)[C@@H]2OC(C)(C)O[C@H]12)C(=O)OC(C)(C)C)CCc1ccc(F)cc1. The van der Waals surface area contributed by atoms with Crippen LogP contribution < -0.4 is 5.73 Å². The quantitative estimate of drug-likeness (QED) is 0.163. The van der Waals surface area contributed by atoms with Crippen LogP contribution in [-0.2, 0) is 25.4 Å². The molecule has 6 rings (SSSR count). The van der Waals surface area contributed by atoms with Crippen molar-refractivity contribution in [2.75, 3.05) is 31.9 Å². The number of fused-ring (bicyclic) bond motifs is 2. The summed E-state index contributed by atoms with van der Waals surface area (Å²) in [5.74, 6) is -0.928. The Kier molecular flexibility index (Phi) is 11.2. The first-order valence-electron chi connectivity index (χ1n) is 18.4. The smallest absolute Gasteiger partial charge is 0.410 e. The molecule has 1 aromatic carbocycles. The maximum atomic E-state index is 13.9. The van der Waals surface area contributed by atoms with E-state index in [2.05, 4.69) is 19.5 Å². The Morgan fingerprint density at radius 2 is 1.61 bits per heavy atom.